The van der Waals surface area contributed by atoms with E-state index in [4.69, 9.17) is 4.63 Å². The van der Waals surface area contributed by atoms with Gasteiger partial charge in [-0.15, -0.1) is 0 Å². The van der Waals surface area contributed by atoms with Gasteiger partial charge in [0.1, 0.15) is 12.6 Å². The fraction of sp³-hybridized carbons (Fsp3) is 0.818. The van der Waals surface area contributed by atoms with Gasteiger partial charge in [-0.25, -0.2) is 4.63 Å². The first kappa shape index (κ1) is 26.1. The van der Waals surface area contributed by atoms with E-state index in [2.05, 4.69) is 25.8 Å². The Balaban J connectivity index is 2.22. The van der Waals surface area contributed by atoms with Crippen LogP contribution in [0.4, 0.5) is 11.6 Å². The zero-order valence-electron chi connectivity index (χ0n) is 18.7. The Bertz CT molecular complexity index is 517. The Morgan fingerprint density at radius 2 is 1.23 bits per heavy atom. The minimum absolute atomic E-state index is 0.635. The molecule has 0 aromatic carbocycles. The van der Waals surface area contributed by atoms with Crippen molar-refractivity contribution in [2.24, 2.45) is 0 Å². The molecule has 8 heteroatoms. The van der Waals surface area contributed by atoms with E-state index in [0.29, 0.717) is 24.5 Å². The average Bonchev–Trinajstić information content (AvgIpc) is 3.22. The van der Waals surface area contributed by atoms with Crippen LogP contribution in [0, 0.1) is 0 Å². The number of nitrogens with one attached hydrogen (secondary N) is 2. The maximum Gasteiger partial charge on any atom is 0.215 e. The number of hydrogen-bond acceptors (Lipinski definition) is 8. The van der Waals surface area contributed by atoms with Gasteiger partial charge in [-0.1, -0.05) is 38.5 Å². The predicted molar refractivity (Wildman–Crippen MR) is 121 cm³/mol. The van der Waals surface area contributed by atoms with Crippen LogP contribution in [-0.2, 0) is 9.59 Å². The van der Waals surface area contributed by atoms with E-state index in [-0.39, 0.29) is 0 Å². The molecule has 1 heterocycles. The number of anilines is 2. The maximum atomic E-state index is 10.4. The Morgan fingerprint density at radius 3 is 1.80 bits per heavy atom. The molecular formula is C22H41N5O3. The molecular weight excluding hydrogens is 382 g/mol. The summed E-state index contributed by atoms with van der Waals surface area (Å²) in [6, 6.07) is 0. The molecule has 0 aliphatic carbocycles. The monoisotopic (exact) mass is 423 g/mol. The van der Waals surface area contributed by atoms with E-state index in [1.165, 1.54) is 38.5 Å². The van der Waals surface area contributed by atoms with Crippen molar-refractivity contribution in [3.63, 3.8) is 0 Å². The van der Waals surface area contributed by atoms with E-state index in [9.17, 15) is 9.59 Å². The largest absolute Gasteiger partial charge is 0.367 e. The summed E-state index contributed by atoms with van der Waals surface area (Å²) in [5.74, 6) is 1.30. The molecule has 0 amide bonds. The zero-order chi connectivity index (χ0) is 21.7. The first-order chi connectivity index (χ1) is 14.8. The second-order valence-corrected chi connectivity index (χ2v) is 7.78. The van der Waals surface area contributed by atoms with Crippen molar-refractivity contribution in [3.8, 4) is 0 Å². The molecule has 172 valence electrons. The molecule has 0 radical (unpaired) electrons. The van der Waals surface area contributed by atoms with E-state index in [0.717, 1.165) is 70.9 Å². The molecule has 30 heavy (non-hydrogen) atoms. The van der Waals surface area contributed by atoms with Gasteiger partial charge >= 0.3 is 0 Å². The molecule has 8 nitrogen and oxygen atoms in total. The standard InChI is InChI=1S/C22H41N5O3/c1-23-21-22(26-30-25-21)24-15-14-18-27(16-10-6-2-4-8-12-19-28)17-11-7-3-5-9-13-20-29/h19-20H,2-18H2,1H3,(H,23,25)(H,24,26). The molecule has 0 spiro atoms. The highest BCUT2D eigenvalue weighted by atomic mass is 16.6. The molecule has 1 aromatic heterocycles. The second kappa shape index (κ2) is 19.0. The van der Waals surface area contributed by atoms with Crippen molar-refractivity contribution in [1.29, 1.82) is 0 Å². The van der Waals surface area contributed by atoms with Crippen LogP contribution >= 0.6 is 0 Å². The number of aromatic nitrogens is 2. The van der Waals surface area contributed by atoms with E-state index in [1.807, 2.05) is 0 Å². The number of unbranched alkanes of at least 4 members (excludes halogenated alkanes) is 10. The minimum atomic E-state index is 0.635. The third-order valence-corrected chi connectivity index (χ3v) is 5.26. The third kappa shape index (κ3) is 13.3. The molecule has 0 saturated heterocycles. The van der Waals surface area contributed by atoms with Crippen LogP contribution in [0.3, 0.4) is 0 Å². The van der Waals surface area contributed by atoms with E-state index < -0.39 is 0 Å². The normalized spacial score (nSPS) is 11.0. The molecule has 0 fully saturated rings. The van der Waals surface area contributed by atoms with Gasteiger partial charge < -0.3 is 25.1 Å². The molecule has 1 rings (SSSR count). The zero-order valence-corrected chi connectivity index (χ0v) is 18.7. The number of hydrogen-bond donors (Lipinski definition) is 2. The quantitative estimate of drug-likeness (QED) is 0.210. The highest BCUT2D eigenvalue weighted by Crippen LogP contribution is 2.14. The summed E-state index contributed by atoms with van der Waals surface area (Å²) in [6.45, 7) is 4.15. The number of carbonyl (C=O) groups excluding carboxylic acids is 2. The summed E-state index contributed by atoms with van der Waals surface area (Å²) in [5, 5.41) is 13.9. The van der Waals surface area contributed by atoms with Crippen LogP contribution in [-0.4, -0.2) is 61.0 Å². The molecule has 1 aromatic rings. The van der Waals surface area contributed by atoms with Crippen LogP contribution in [0.2, 0.25) is 0 Å². The van der Waals surface area contributed by atoms with Crippen molar-refractivity contribution >= 4 is 24.2 Å². The molecule has 0 unspecified atom stereocenters. The Kier molecular flexibility index (Phi) is 16.5. The fourth-order valence-electron chi connectivity index (χ4n) is 3.50. The Labute approximate surface area is 181 Å². The molecule has 0 aliphatic heterocycles. The number of aldehydes is 2. The summed E-state index contributed by atoms with van der Waals surface area (Å²) < 4.78 is 4.74. The number of carbonyl (C=O) groups is 2. The van der Waals surface area contributed by atoms with Gasteiger partial charge in [0.05, 0.1) is 0 Å². The van der Waals surface area contributed by atoms with Crippen molar-refractivity contribution in [2.75, 3.05) is 43.9 Å². The topological polar surface area (TPSA) is 100 Å². The summed E-state index contributed by atoms with van der Waals surface area (Å²) in [7, 11) is 1.80. The van der Waals surface area contributed by atoms with Crippen LogP contribution in [0.15, 0.2) is 4.63 Å². The van der Waals surface area contributed by atoms with Crippen LogP contribution in [0.5, 0.6) is 0 Å². The van der Waals surface area contributed by atoms with Gasteiger partial charge in [0.25, 0.3) is 0 Å². The molecule has 2 N–H and O–H groups in total. The second-order valence-electron chi connectivity index (χ2n) is 7.78. The highest BCUT2D eigenvalue weighted by Gasteiger charge is 2.08. The van der Waals surface area contributed by atoms with Crippen molar-refractivity contribution in [2.45, 2.75) is 83.5 Å². The van der Waals surface area contributed by atoms with Crippen molar-refractivity contribution in [1.82, 2.24) is 15.2 Å². The lowest BCUT2D eigenvalue weighted by atomic mass is 10.1. The van der Waals surface area contributed by atoms with Gasteiger partial charge in [0.15, 0.2) is 0 Å². The summed E-state index contributed by atoms with van der Waals surface area (Å²) in [5.41, 5.74) is 0. The van der Waals surface area contributed by atoms with E-state index >= 15 is 0 Å². The third-order valence-electron chi connectivity index (χ3n) is 5.26. The highest BCUT2D eigenvalue weighted by molar-refractivity contribution is 5.56. The van der Waals surface area contributed by atoms with Crippen LogP contribution in [0.1, 0.15) is 83.5 Å². The lowest BCUT2D eigenvalue weighted by Crippen LogP contribution is -2.28. The molecule has 0 aliphatic rings. The summed E-state index contributed by atoms with van der Waals surface area (Å²) in [4.78, 5) is 23.3. The van der Waals surface area contributed by atoms with Crippen molar-refractivity contribution in [3.05, 3.63) is 0 Å². The lowest BCUT2D eigenvalue weighted by Gasteiger charge is -2.22. The summed E-state index contributed by atoms with van der Waals surface area (Å²) in [6.07, 6.45) is 16.1. The Morgan fingerprint density at radius 1 is 0.733 bits per heavy atom. The first-order valence-corrected chi connectivity index (χ1v) is 11.7. The fourth-order valence-corrected chi connectivity index (χ4v) is 3.50. The van der Waals surface area contributed by atoms with Gasteiger partial charge in [0, 0.05) is 26.4 Å². The molecule has 0 bridgehead atoms. The van der Waals surface area contributed by atoms with Gasteiger partial charge in [-0.2, -0.15) is 0 Å². The maximum absolute atomic E-state index is 10.4. The van der Waals surface area contributed by atoms with Crippen LogP contribution < -0.4 is 10.6 Å². The minimum Gasteiger partial charge on any atom is -0.367 e. The number of nitrogens with zero attached hydrogens (tertiary/aromatic N) is 3. The lowest BCUT2D eigenvalue weighted by molar-refractivity contribution is -0.108. The molecule has 0 saturated carbocycles. The predicted octanol–water partition coefficient (Wildman–Crippen LogP) is 4.29. The summed E-state index contributed by atoms with van der Waals surface area (Å²) >= 11 is 0. The number of rotatable bonds is 22. The first-order valence-electron chi connectivity index (χ1n) is 11.7. The van der Waals surface area contributed by atoms with Gasteiger partial charge in [-0.05, 0) is 62.1 Å². The van der Waals surface area contributed by atoms with Crippen LogP contribution in [0.25, 0.3) is 0 Å². The SMILES string of the molecule is CNc1nonc1NCCCN(CCCCCCCC=O)CCCCCCCC=O. The van der Waals surface area contributed by atoms with Gasteiger partial charge in [0.2, 0.25) is 11.6 Å². The smallest absolute Gasteiger partial charge is 0.215 e. The van der Waals surface area contributed by atoms with E-state index in [1.54, 1.807) is 7.05 Å². The average molecular weight is 424 g/mol. The molecule has 0 atom stereocenters. The Hall–Kier alpha value is -1.96. The van der Waals surface area contributed by atoms with Gasteiger partial charge in [-0.3, -0.25) is 0 Å². The van der Waals surface area contributed by atoms with Crippen molar-refractivity contribution < 1.29 is 14.2 Å².